The molecule has 2 unspecified atom stereocenters. The number of rotatable bonds is 4. The van der Waals surface area contributed by atoms with Crippen LogP contribution < -0.4 is 0 Å². The molecule has 0 heterocycles. The zero-order chi connectivity index (χ0) is 21.0. The second-order valence-corrected chi connectivity index (χ2v) is 9.88. The van der Waals surface area contributed by atoms with Crippen LogP contribution in [0.5, 0.6) is 0 Å². The van der Waals surface area contributed by atoms with Crippen LogP contribution in [0.15, 0.2) is 23.3 Å². The van der Waals surface area contributed by atoms with Gasteiger partial charge in [-0.15, -0.1) is 11.6 Å². The van der Waals surface area contributed by atoms with Gasteiger partial charge in [0.15, 0.2) is 12.4 Å². The largest absolute Gasteiger partial charge is 0.457 e. The Hall–Kier alpha value is -1.46. The minimum Gasteiger partial charge on any atom is -0.457 e. The number of carbonyl (C=O) groups excluding carboxylic acids is 3. The fourth-order valence-corrected chi connectivity index (χ4v) is 6.71. The highest BCUT2D eigenvalue weighted by molar-refractivity contribution is 6.26. The Kier molecular flexibility index (Phi) is 5.06. The van der Waals surface area contributed by atoms with E-state index in [2.05, 4.69) is 13.0 Å². The molecule has 0 radical (unpaired) electrons. The fourth-order valence-electron chi connectivity index (χ4n) is 6.63. The first-order valence-electron chi connectivity index (χ1n) is 10.6. The Morgan fingerprint density at radius 2 is 2.00 bits per heavy atom. The first-order valence-corrected chi connectivity index (χ1v) is 11.1. The van der Waals surface area contributed by atoms with Crippen LogP contribution in [0.1, 0.15) is 58.8 Å². The average Bonchev–Trinajstić information content (AvgIpc) is 2.98. The van der Waals surface area contributed by atoms with E-state index in [4.69, 9.17) is 16.3 Å². The SMILES string of the molecule is CC12CCC(=O)C=C1CC[C@@H]1C2=CCC2(C)[C@H]1CC[C@]2(O)C(=O)COC(=O)CCl. The van der Waals surface area contributed by atoms with Crippen molar-refractivity contribution < 1.29 is 24.2 Å². The standard InChI is InChI=1S/C23H29ClO5/c1-21-8-5-15(25)11-14(21)3-4-16-17(21)6-9-22(2)18(16)7-10-23(22,28)19(26)13-29-20(27)12-24/h6,11,16,18,28H,3-5,7-10,12-13H2,1-2H3/t16-,18+,21?,22?,23+/m1/s1. The lowest BCUT2D eigenvalue weighted by Gasteiger charge is -2.54. The molecule has 0 aromatic heterocycles. The number of hydrogen-bond acceptors (Lipinski definition) is 5. The molecule has 4 aliphatic rings. The Labute approximate surface area is 176 Å². The van der Waals surface area contributed by atoms with Crippen molar-refractivity contribution >= 4 is 29.1 Å². The molecule has 0 saturated heterocycles. The first-order chi connectivity index (χ1) is 13.7. The number of fused-ring (bicyclic) bond motifs is 5. The summed E-state index contributed by atoms with van der Waals surface area (Å²) in [6.45, 7) is 3.83. The van der Waals surface area contributed by atoms with Crippen molar-refractivity contribution in [2.45, 2.75) is 64.4 Å². The van der Waals surface area contributed by atoms with Gasteiger partial charge < -0.3 is 9.84 Å². The molecule has 158 valence electrons. The molecule has 4 aliphatic carbocycles. The maximum Gasteiger partial charge on any atom is 0.321 e. The number of alkyl halides is 1. The number of aliphatic hydroxyl groups is 1. The van der Waals surface area contributed by atoms with Crippen LogP contribution >= 0.6 is 11.6 Å². The van der Waals surface area contributed by atoms with Crippen LogP contribution in [0.3, 0.4) is 0 Å². The topological polar surface area (TPSA) is 80.7 Å². The molecule has 4 rings (SSSR count). The first kappa shape index (κ1) is 20.8. The van der Waals surface area contributed by atoms with E-state index in [0.29, 0.717) is 25.2 Å². The summed E-state index contributed by atoms with van der Waals surface area (Å²) in [6.07, 6.45) is 9.15. The Bertz CT molecular complexity index is 829. The van der Waals surface area contributed by atoms with Gasteiger partial charge in [0.25, 0.3) is 0 Å². The van der Waals surface area contributed by atoms with Gasteiger partial charge in [-0.2, -0.15) is 0 Å². The molecule has 0 amide bonds. The number of esters is 1. The summed E-state index contributed by atoms with van der Waals surface area (Å²) in [5.41, 5.74) is 0.505. The van der Waals surface area contributed by atoms with Gasteiger partial charge in [-0.25, -0.2) is 0 Å². The van der Waals surface area contributed by atoms with E-state index in [1.165, 1.54) is 11.1 Å². The number of allylic oxidation sites excluding steroid dienone is 4. The van der Waals surface area contributed by atoms with Crippen LogP contribution in [0, 0.1) is 22.7 Å². The molecule has 0 spiro atoms. The number of Topliss-reactive ketones (excluding diaryl/α,β-unsaturated/α-hetero) is 1. The Balaban J connectivity index is 1.63. The van der Waals surface area contributed by atoms with E-state index >= 15 is 0 Å². The molecule has 0 bridgehead atoms. The monoisotopic (exact) mass is 420 g/mol. The molecule has 1 N–H and O–H groups in total. The predicted octanol–water partition coefficient (Wildman–Crippen LogP) is 3.52. The average molecular weight is 421 g/mol. The molecule has 0 aliphatic heterocycles. The summed E-state index contributed by atoms with van der Waals surface area (Å²) in [7, 11) is 0. The van der Waals surface area contributed by atoms with Crippen molar-refractivity contribution in [3.8, 4) is 0 Å². The third kappa shape index (κ3) is 2.96. The van der Waals surface area contributed by atoms with Crippen molar-refractivity contribution in [1.29, 1.82) is 0 Å². The van der Waals surface area contributed by atoms with Gasteiger partial charge in [-0.3, -0.25) is 14.4 Å². The van der Waals surface area contributed by atoms with E-state index in [0.717, 1.165) is 25.7 Å². The van der Waals surface area contributed by atoms with Crippen molar-refractivity contribution in [1.82, 2.24) is 0 Å². The molecule has 2 saturated carbocycles. The molecule has 2 fully saturated rings. The van der Waals surface area contributed by atoms with Crippen molar-refractivity contribution in [3.63, 3.8) is 0 Å². The van der Waals surface area contributed by atoms with Crippen LogP contribution in [-0.4, -0.2) is 40.7 Å². The lowest BCUT2D eigenvalue weighted by Crippen LogP contribution is -2.55. The highest BCUT2D eigenvalue weighted by Gasteiger charge is 2.64. The van der Waals surface area contributed by atoms with E-state index in [1.54, 1.807) is 0 Å². The lowest BCUT2D eigenvalue weighted by molar-refractivity contribution is -0.162. The third-order valence-electron chi connectivity index (χ3n) is 8.42. The number of ether oxygens (including phenoxy) is 1. The number of halogens is 1. The Morgan fingerprint density at radius 1 is 1.24 bits per heavy atom. The smallest absolute Gasteiger partial charge is 0.321 e. The fraction of sp³-hybridized carbons (Fsp3) is 0.696. The number of ketones is 2. The minimum atomic E-state index is -1.49. The summed E-state index contributed by atoms with van der Waals surface area (Å²) >= 11 is 5.44. The summed E-state index contributed by atoms with van der Waals surface area (Å²) in [6, 6.07) is 0. The molecule has 5 nitrogen and oxygen atoms in total. The van der Waals surface area contributed by atoms with Crippen molar-refractivity contribution in [3.05, 3.63) is 23.3 Å². The molecular weight excluding hydrogens is 392 g/mol. The highest BCUT2D eigenvalue weighted by Crippen LogP contribution is 2.65. The lowest BCUT2D eigenvalue weighted by atomic mass is 9.50. The zero-order valence-electron chi connectivity index (χ0n) is 17.1. The van der Waals surface area contributed by atoms with Crippen LogP contribution in [-0.2, 0) is 19.1 Å². The second-order valence-electron chi connectivity index (χ2n) is 9.62. The van der Waals surface area contributed by atoms with Gasteiger partial charge in [0.1, 0.15) is 11.5 Å². The number of hydrogen-bond donors (Lipinski definition) is 1. The molecule has 0 aromatic carbocycles. The summed E-state index contributed by atoms with van der Waals surface area (Å²) in [5, 5.41) is 11.5. The van der Waals surface area contributed by atoms with Crippen LogP contribution in [0.2, 0.25) is 0 Å². The summed E-state index contributed by atoms with van der Waals surface area (Å²) < 4.78 is 4.92. The van der Waals surface area contributed by atoms with Gasteiger partial charge >= 0.3 is 5.97 Å². The highest BCUT2D eigenvalue weighted by atomic mass is 35.5. The van der Waals surface area contributed by atoms with Gasteiger partial charge in [0.05, 0.1) is 0 Å². The van der Waals surface area contributed by atoms with E-state index < -0.39 is 29.4 Å². The maximum absolute atomic E-state index is 12.9. The predicted molar refractivity (Wildman–Crippen MR) is 108 cm³/mol. The van der Waals surface area contributed by atoms with E-state index in [-0.39, 0.29) is 23.0 Å². The summed E-state index contributed by atoms with van der Waals surface area (Å²) in [5.74, 6) is -0.641. The molecular formula is C23H29ClO5. The van der Waals surface area contributed by atoms with Crippen LogP contribution in [0.4, 0.5) is 0 Å². The van der Waals surface area contributed by atoms with Crippen molar-refractivity contribution in [2.75, 3.05) is 12.5 Å². The van der Waals surface area contributed by atoms with Gasteiger partial charge in [-0.1, -0.05) is 31.1 Å². The van der Waals surface area contributed by atoms with Gasteiger partial charge in [0, 0.05) is 17.3 Å². The zero-order valence-corrected chi connectivity index (χ0v) is 17.9. The Morgan fingerprint density at radius 3 is 2.72 bits per heavy atom. The quantitative estimate of drug-likeness (QED) is 0.427. The molecule has 29 heavy (non-hydrogen) atoms. The third-order valence-corrected chi connectivity index (χ3v) is 8.64. The minimum absolute atomic E-state index is 0.0707. The second kappa shape index (κ2) is 7.05. The van der Waals surface area contributed by atoms with E-state index in [1.807, 2.05) is 13.0 Å². The number of carbonyl (C=O) groups is 3. The summed E-state index contributed by atoms with van der Waals surface area (Å²) in [4.78, 5) is 36.2. The molecule has 5 atom stereocenters. The maximum atomic E-state index is 12.9. The van der Waals surface area contributed by atoms with E-state index in [9.17, 15) is 19.5 Å². The van der Waals surface area contributed by atoms with Gasteiger partial charge in [-0.05, 0) is 56.4 Å². The normalized spacial score (nSPS) is 40.9. The molecule has 0 aromatic rings. The van der Waals surface area contributed by atoms with Gasteiger partial charge in [0.2, 0.25) is 5.78 Å². The van der Waals surface area contributed by atoms with Crippen molar-refractivity contribution in [2.24, 2.45) is 22.7 Å². The van der Waals surface area contributed by atoms with Crippen LogP contribution in [0.25, 0.3) is 0 Å². The molecule has 6 heteroatoms.